The highest BCUT2D eigenvalue weighted by molar-refractivity contribution is 6.28. The topological polar surface area (TPSA) is 125 Å². The lowest BCUT2D eigenvalue weighted by Gasteiger charge is -2.24. The van der Waals surface area contributed by atoms with Crippen LogP contribution in [0, 0.1) is 0 Å². The number of hydrogen-bond acceptors (Lipinski definition) is 9. The number of halogens is 1. The predicted molar refractivity (Wildman–Crippen MR) is 147 cm³/mol. The van der Waals surface area contributed by atoms with Crippen molar-refractivity contribution in [1.29, 1.82) is 0 Å². The van der Waals surface area contributed by atoms with Crippen LogP contribution in [0.15, 0.2) is 73.3 Å². The zero-order chi connectivity index (χ0) is 27.3. The van der Waals surface area contributed by atoms with Gasteiger partial charge in [0.15, 0.2) is 34.8 Å². The van der Waals surface area contributed by atoms with E-state index in [0.717, 1.165) is 0 Å². The first kappa shape index (κ1) is 25.1. The number of imidazole rings is 1. The summed E-state index contributed by atoms with van der Waals surface area (Å²) in [5.74, 6) is 0.387. The van der Waals surface area contributed by atoms with E-state index in [1.165, 1.54) is 17.5 Å². The van der Waals surface area contributed by atoms with Crippen molar-refractivity contribution in [1.82, 2.24) is 34.7 Å². The number of aromatic nitrogens is 7. The maximum atomic E-state index is 6.45. The normalized spacial score (nSPS) is 23.6. The third kappa shape index (κ3) is 4.50. The van der Waals surface area contributed by atoms with Crippen molar-refractivity contribution in [2.45, 2.75) is 50.1 Å². The highest BCUT2D eigenvalue weighted by Crippen LogP contribution is 2.48. The Labute approximate surface area is 234 Å². The first-order chi connectivity index (χ1) is 19.5. The van der Waals surface area contributed by atoms with Crippen LogP contribution in [0.25, 0.3) is 11.2 Å². The van der Waals surface area contributed by atoms with Gasteiger partial charge < -0.3 is 19.5 Å². The van der Waals surface area contributed by atoms with E-state index in [-0.39, 0.29) is 11.2 Å². The Hall–Kier alpha value is -3.90. The van der Waals surface area contributed by atoms with Crippen LogP contribution >= 0.6 is 11.6 Å². The molecule has 0 aliphatic carbocycles. The molecule has 0 radical (unpaired) electrons. The number of aromatic amines is 1. The van der Waals surface area contributed by atoms with E-state index >= 15 is 0 Å². The summed E-state index contributed by atoms with van der Waals surface area (Å²) in [6.45, 7) is 4.33. The lowest BCUT2D eigenvalue weighted by molar-refractivity contribution is -0.198. The second-order valence-electron chi connectivity index (χ2n) is 10.3. The van der Waals surface area contributed by atoms with Gasteiger partial charge in [-0.25, -0.2) is 9.97 Å². The number of benzene rings is 2. The van der Waals surface area contributed by atoms with E-state index in [1.54, 1.807) is 6.33 Å². The Kier molecular flexibility index (Phi) is 6.23. The molecule has 7 rings (SSSR count). The van der Waals surface area contributed by atoms with Crippen molar-refractivity contribution in [2.24, 2.45) is 0 Å². The van der Waals surface area contributed by atoms with Gasteiger partial charge in [-0.2, -0.15) is 15.1 Å². The number of hydrogen-bond donors (Lipinski definition) is 2. The summed E-state index contributed by atoms with van der Waals surface area (Å²) in [5, 5.41) is 10.5. The number of H-pyrrole nitrogens is 1. The van der Waals surface area contributed by atoms with Crippen LogP contribution in [-0.4, -0.2) is 59.2 Å². The van der Waals surface area contributed by atoms with Crippen LogP contribution < -0.4 is 5.32 Å². The van der Waals surface area contributed by atoms with E-state index in [9.17, 15) is 0 Å². The number of fused-ring (bicyclic) bond motifs is 2. The molecule has 2 aliphatic rings. The SMILES string of the molecule is CC1(C)O[C@@H]2[C@H](O1)[C@@H](c1ncn[nH]1)O[C@H]2n1cnc2c(NCC(c3ccccc3)c3ccccc3)nc(Cl)nc21. The fraction of sp³-hybridized carbons (Fsp3) is 0.321. The fourth-order valence-electron chi connectivity index (χ4n) is 5.57. The molecule has 40 heavy (non-hydrogen) atoms. The molecule has 5 heterocycles. The zero-order valence-corrected chi connectivity index (χ0v) is 22.6. The second kappa shape index (κ2) is 9.93. The van der Waals surface area contributed by atoms with Gasteiger partial charge in [0.05, 0.1) is 6.33 Å². The lowest BCUT2D eigenvalue weighted by atomic mass is 9.91. The standard InChI is InChI=1S/C28H27ClN8O3/c1-28(2)39-20-21(24-31-14-33-36-24)38-26(22(20)40-28)37-15-32-19-23(34-27(29)35-25(19)37)30-13-18(16-9-5-3-6-10-16)17-11-7-4-8-12-17/h3-12,14-15,18,20-22,26H,13H2,1-2H3,(H,30,34,35)(H,31,33,36)/t20-,21+,22-,26-/m1/s1. The van der Waals surface area contributed by atoms with Crippen LogP contribution in [0.1, 0.15) is 49.0 Å². The van der Waals surface area contributed by atoms with Gasteiger partial charge in [0.2, 0.25) is 5.28 Å². The van der Waals surface area contributed by atoms with Gasteiger partial charge in [-0.15, -0.1) is 0 Å². The van der Waals surface area contributed by atoms with Crippen molar-refractivity contribution in [2.75, 3.05) is 11.9 Å². The Morgan fingerprint density at radius 2 is 1.68 bits per heavy atom. The van der Waals surface area contributed by atoms with Gasteiger partial charge >= 0.3 is 0 Å². The van der Waals surface area contributed by atoms with Gasteiger partial charge in [0.25, 0.3) is 0 Å². The summed E-state index contributed by atoms with van der Waals surface area (Å²) in [6.07, 6.45) is 1.17. The minimum Gasteiger partial charge on any atom is -0.367 e. The Balaban J connectivity index is 1.22. The van der Waals surface area contributed by atoms with E-state index in [2.05, 4.69) is 59.7 Å². The first-order valence-electron chi connectivity index (χ1n) is 13.1. The molecule has 5 aromatic rings. The summed E-state index contributed by atoms with van der Waals surface area (Å²) < 4.78 is 20.7. The fourth-order valence-corrected chi connectivity index (χ4v) is 5.73. The molecular weight excluding hydrogens is 532 g/mol. The van der Waals surface area contributed by atoms with Gasteiger partial charge in [-0.05, 0) is 36.6 Å². The van der Waals surface area contributed by atoms with Gasteiger partial charge in [0, 0.05) is 12.5 Å². The van der Waals surface area contributed by atoms with Crippen molar-refractivity contribution >= 4 is 28.6 Å². The number of ether oxygens (including phenoxy) is 3. The van der Waals surface area contributed by atoms with Gasteiger partial charge in [-0.3, -0.25) is 9.67 Å². The van der Waals surface area contributed by atoms with E-state index in [0.29, 0.717) is 29.4 Å². The Morgan fingerprint density at radius 3 is 2.35 bits per heavy atom. The minimum absolute atomic E-state index is 0.0844. The number of anilines is 1. The van der Waals surface area contributed by atoms with Crippen molar-refractivity contribution in [3.05, 3.63) is 95.6 Å². The quantitative estimate of drug-likeness (QED) is 0.275. The van der Waals surface area contributed by atoms with E-state index < -0.39 is 30.3 Å². The maximum absolute atomic E-state index is 6.45. The van der Waals surface area contributed by atoms with Crippen LogP contribution in [0.3, 0.4) is 0 Å². The molecule has 0 saturated carbocycles. The molecule has 2 saturated heterocycles. The average molecular weight is 559 g/mol. The monoisotopic (exact) mass is 558 g/mol. The maximum Gasteiger partial charge on any atom is 0.226 e. The number of rotatable bonds is 7. The summed E-state index contributed by atoms with van der Waals surface area (Å²) in [7, 11) is 0. The molecule has 4 atom stereocenters. The highest BCUT2D eigenvalue weighted by Gasteiger charge is 2.57. The van der Waals surface area contributed by atoms with E-state index in [1.807, 2.05) is 54.8 Å². The summed E-state index contributed by atoms with van der Waals surface area (Å²) in [5.41, 5.74) is 3.47. The summed E-state index contributed by atoms with van der Waals surface area (Å²) in [4.78, 5) is 18.0. The van der Waals surface area contributed by atoms with Crippen molar-refractivity contribution in [3.63, 3.8) is 0 Å². The first-order valence-corrected chi connectivity index (χ1v) is 13.4. The number of nitrogens with one attached hydrogen (secondary N) is 2. The number of nitrogens with zero attached hydrogens (tertiary/aromatic N) is 6. The molecule has 12 heteroatoms. The third-order valence-corrected chi connectivity index (χ3v) is 7.45. The van der Waals surface area contributed by atoms with Crippen LogP contribution in [-0.2, 0) is 14.2 Å². The molecule has 2 fully saturated rings. The van der Waals surface area contributed by atoms with Gasteiger partial charge in [0.1, 0.15) is 24.6 Å². The van der Waals surface area contributed by atoms with Crippen LogP contribution in [0.4, 0.5) is 5.82 Å². The Morgan fingerprint density at radius 1 is 0.975 bits per heavy atom. The minimum atomic E-state index is -0.796. The summed E-state index contributed by atoms with van der Waals surface area (Å²) >= 11 is 6.45. The second-order valence-corrected chi connectivity index (χ2v) is 10.6. The molecule has 11 nitrogen and oxygen atoms in total. The largest absolute Gasteiger partial charge is 0.367 e. The average Bonchev–Trinajstić information content (AvgIpc) is 3.74. The van der Waals surface area contributed by atoms with Crippen molar-refractivity contribution < 1.29 is 14.2 Å². The predicted octanol–water partition coefficient (Wildman–Crippen LogP) is 4.63. The van der Waals surface area contributed by atoms with Crippen LogP contribution in [0.2, 0.25) is 5.28 Å². The summed E-state index contributed by atoms with van der Waals surface area (Å²) in [6, 6.07) is 20.7. The van der Waals surface area contributed by atoms with Crippen molar-refractivity contribution in [3.8, 4) is 0 Å². The molecule has 204 valence electrons. The molecule has 0 bridgehead atoms. The smallest absolute Gasteiger partial charge is 0.226 e. The van der Waals surface area contributed by atoms with Crippen LogP contribution in [0.5, 0.6) is 0 Å². The van der Waals surface area contributed by atoms with Gasteiger partial charge in [-0.1, -0.05) is 60.7 Å². The molecule has 2 aromatic carbocycles. The molecule has 0 amide bonds. The lowest BCUT2D eigenvalue weighted by Crippen LogP contribution is -2.27. The highest BCUT2D eigenvalue weighted by atomic mass is 35.5. The zero-order valence-electron chi connectivity index (χ0n) is 21.8. The third-order valence-electron chi connectivity index (χ3n) is 7.28. The Bertz CT molecular complexity index is 1570. The molecule has 0 unspecified atom stereocenters. The molecular formula is C28H27ClN8O3. The molecule has 0 spiro atoms. The molecule has 2 N–H and O–H groups in total. The molecule has 2 aliphatic heterocycles. The molecule has 3 aromatic heterocycles. The van der Waals surface area contributed by atoms with E-state index in [4.69, 9.17) is 25.8 Å².